The third kappa shape index (κ3) is 4.70. The lowest BCUT2D eigenvalue weighted by atomic mass is 9.95. The van der Waals surface area contributed by atoms with Gasteiger partial charge in [0.15, 0.2) is 0 Å². The number of carbonyl (C=O) groups excluding carboxylic acids is 2. The number of hydrogen-bond donors (Lipinski definition) is 1. The highest BCUT2D eigenvalue weighted by Gasteiger charge is 2.44. The molecule has 2 fully saturated rings. The van der Waals surface area contributed by atoms with Crippen molar-refractivity contribution < 1.29 is 24.3 Å². The van der Waals surface area contributed by atoms with Crippen molar-refractivity contribution in [2.24, 2.45) is 0 Å². The molecular weight excluding hydrogens is 484 g/mol. The Hall–Kier alpha value is -2.19. The number of halogens is 2. The first-order valence-electron chi connectivity index (χ1n) is 10.1. The molecule has 1 N–H and O–H groups in total. The van der Waals surface area contributed by atoms with Crippen LogP contribution in [0.15, 0.2) is 58.6 Å². The maximum atomic E-state index is 13.3. The smallest absolute Gasteiger partial charge is 0.295 e. The Morgan fingerprint density at radius 3 is 2.39 bits per heavy atom. The quantitative estimate of drug-likeness (QED) is 0.377. The summed E-state index contributed by atoms with van der Waals surface area (Å²) in [6, 6.07) is 13.0. The minimum absolute atomic E-state index is 0.00776. The first kappa shape index (κ1) is 22.0. The number of Topliss-reactive ketones (excluding diaryl/α,β-unsaturated/α-hetero) is 1. The second-order valence-corrected chi connectivity index (χ2v) is 9.00. The summed E-state index contributed by atoms with van der Waals surface area (Å²) < 4.78 is 6.28. The third-order valence-corrected chi connectivity index (χ3v) is 6.51. The largest absolute Gasteiger partial charge is 0.872 e. The van der Waals surface area contributed by atoms with Gasteiger partial charge in [0.1, 0.15) is 13.1 Å². The number of amides is 1. The van der Waals surface area contributed by atoms with Gasteiger partial charge in [0.25, 0.3) is 5.91 Å². The normalized spacial score (nSPS) is 21.6. The molecule has 31 heavy (non-hydrogen) atoms. The van der Waals surface area contributed by atoms with Crippen LogP contribution in [-0.2, 0) is 14.3 Å². The van der Waals surface area contributed by atoms with E-state index in [9.17, 15) is 14.7 Å². The maximum Gasteiger partial charge on any atom is 0.295 e. The Morgan fingerprint density at radius 1 is 1.10 bits per heavy atom. The fourth-order valence-electron chi connectivity index (χ4n) is 4.04. The van der Waals surface area contributed by atoms with Crippen LogP contribution in [-0.4, -0.2) is 56.0 Å². The lowest BCUT2D eigenvalue weighted by Crippen LogP contribution is -3.14. The summed E-state index contributed by atoms with van der Waals surface area (Å²) in [4.78, 5) is 28.8. The van der Waals surface area contributed by atoms with Gasteiger partial charge >= 0.3 is 0 Å². The van der Waals surface area contributed by atoms with Crippen molar-refractivity contribution in [1.82, 2.24) is 4.90 Å². The highest BCUT2D eigenvalue weighted by atomic mass is 79.9. The molecule has 2 saturated heterocycles. The van der Waals surface area contributed by atoms with Gasteiger partial charge < -0.3 is 19.6 Å². The summed E-state index contributed by atoms with van der Waals surface area (Å²) in [5.41, 5.74) is 1.06. The Kier molecular flexibility index (Phi) is 6.77. The first-order valence-corrected chi connectivity index (χ1v) is 11.3. The van der Waals surface area contributed by atoms with Crippen molar-refractivity contribution in [3.8, 4) is 0 Å². The molecule has 2 aromatic carbocycles. The lowest BCUT2D eigenvalue weighted by molar-refractivity contribution is -0.907. The molecule has 2 aliphatic rings. The number of morpholine rings is 1. The van der Waals surface area contributed by atoms with Crippen molar-refractivity contribution in [3.05, 3.63) is 74.7 Å². The zero-order valence-corrected chi connectivity index (χ0v) is 19.1. The molecule has 0 aromatic heterocycles. The lowest BCUT2D eigenvalue weighted by Gasteiger charge is -2.30. The average Bonchev–Trinajstić information content (AvgIpc) is 3.04. The van der Waals surface area contributed by atoms with Crippen LogP contribution in [0.5, 0.6) is 0 Å². The zero-order valence-electron chi connectivity index (χ0n) is 16.8. The van der Waals surface area contributed by atoms with Crippen molar-refractivity contribution in [3.63, 3.8) is 0 Å². The van der Waals surface area contributed by atoms with Gasteiger partial charge in [0, 0.05) is 15.1 Å². The van der Waals surface area contributed by atoms with Crippen LogP contribution in [0.25, 0.3) is 5.76 Å². The number of ether oxygens (including phenoxy) is 1. The molecule has 1 unspecified atom stereocenters. The maximum absolute atomic E-state index is 13.3. The number of rotatable bonds is 5. The van der Waals surface area contributed by atoms with Crippen LogP contribution in [0.2, 0.25) is 5.02 Å². The van der Waals surface area contributed by atoms with Crippen molar-refractivity contribution in [2.45, 2.75) is 6.04 Å². The number of ketones is 1. The topological polar surface area (TPSA) is 74.1 Å². The summed E-state index contributed by atoms with van der Waals surface area (Å²) in [6.45, 7) is 4.17. The summed E-state index contributed by atoms with van der Waals surface area (Å²) in [5.74, 6) is -1.80. The molecule has 0 saturated carbocycles. The highest BCUT2D eigenvalue weighted by molar-refractivity contribution is 9.10. The molecule has 162 valence electrons. The standard InChI is InChI=1S/C23H22BrClN2O4/c24-17-5-1-15(2-6-17)20-19(21(28)16-3-7-18(25)8-4-16)22(29)23(30)27(20)10-9-26-11-13-31-14-12-26/h1-8,20,28H,9-14H2. The second kappa shape index (κ2) is 9.53. The molecule has 0 spiro atoms. The Morgan fingerprint density at radius 2 is 1.74 bits per heavy atom. The van der Waals surface area contributed by atoms with E-state index in [1.54, 1.807) is 24.3 Å². The van der Waals surface area contributed by atoms with Crippen molar-refractivity contribution in [1.29, 1.82) is 0 Å². The number of hydrogen-bond acceptors (Lipinski definition) is 4. The average molecular weight is 506 g/mol. The van der Waals surface area contributed by atoms with Gasteiger partial charge in [0.2, 0.25) is 5.78 Å². The van der Waals surface area contributed by atoms with Crippen LogP contribution in [0.1, 0.15) is 17.2 Å². The molecule has 0 radical (unpaired) electrons. The Bertz CT molecular complexity index is 1000. The highest BCUT2D eigenvalue weighted by Crippen LogP contribution is 2.38. The minimum Gasteiger partial charge on any atom is -0.872 e. The molecule has 1 atom stereocenters. The van der Waals surface area contributed by atoms with Crippen LogP contribution in [0, 0.1) is 0 Å². The van der Waals surface area contributed by atoms with E-state index < -0.39 is 23.5 Å². The van der Waals surface area contributed by atoms with Gasteiger partial charge in [-0.05, 0) is 35.4 Å². The van der Waals surface area contributed by atoms with E-state index in [2.05, 4.69) is 15.9 Å². The van der Waals surface area contributed by atoms with E-state index in [1.807, 2.05) is 24.3 Å². The second-order valence-electron chi connectivity index (χ2n) is 7.64. The molecule has 2 aromatic rings. The van der Waals surface area contributed by atoms with Gasteiger partial charge in [-0.1, -0.05) is 57.6 Å². The summed E-state index contributed by atoms with van der Waals surface area (Å²) in [6.07, 6.45) is 0. The van der Waals surface area contributed by atoms with E-state index in [0.717, 1.165) is 23.1 Å². The SMILES string of the molecule is O=C1C(=O)N(CC[NH+]2CCOCC2)C(c2ccc(Br)cc2)C1=C([O-])c1ccc(Cl)cc1. The van der Waals surface area contributed by atoms with E-state index in [0.29, 0.717) is 36.9 Å². The molecule has 4 rings (SSSR count). The van der Waals surface area contributed by atoms with Gasteiger partial charge in [-0.15, -0.1) is 0 Å². The molecule has 1 amide bonds. The molecule has 2 aliphatic heterocycles. The number of quaternary nitrogens is 1. The fraction of sp³-hybridized carbons (Fsp3) is 0.304. The van der Waals surface area contributed by atoms with Gasteiger partial charge in [-0.2, -0.15) is 0 Å². The number of nitrogens with one attached hydrogen (secondary N) is 1. The van der Waals surface area contributed by atoms with Crippen molar-refractivity contribution in [2.75, 3.05) is 39.4 Å². The molecular formula is C23H22BrClN2O4. The molecule has 2 heterocycles. The van der Waals surface area contributed by atoms with Gasteiger partial charge in [-0.25, -0.2) is 0 Å². The minimum atomic E-state index is -0.732. The number of likely N-dealkylation sites (tertiary alicyclic amines) is 1. The summed E-state index contributed by atoms with van der Waals surface area (Å²) in [5, 5.41) is 13.8. The Balaban J connectivity index is 1.72. The van der Waals surface area contributed by atoms with Gasteiger partial charge in [0.05, 0.1) is 32.3 Å². The number of nitrogens with zero attached hydrogens (tertiary/aromatic N) is 1. The number of benzene rings is 2. The third-order valence-electron chi connectivity index (χ3n) is 5.73. The fourth-order valence-corrected chi connectivity index (χ4v) is 4.43. The van der Waals surface area contributed by atoms with E-state index >= 15 is 0 Å². The van der Waals surface area contributed by atoms with Crippen molar-refractivity contribution >= 4 is 45.0 Å². The van der Waals surface area contributed by atoms with Gasteiger partial charge in [-0.3, -0.25) is 9.59 Å². The number of carbonyl (C=O) groups is 2. The first-order chi connectivity index (χ1) is 15.0. The Labute approximate surface area is 194 Å². The van der Waals surface area contributed by atoms with Crippen LogP contribution >= 0.6 is 27.5 Å². The monoisotopic (exact) mass is 504 g/mol. The van der Waals surface area contributed by atoms with E-state index in [4.69, 9.17) is 16.3 Å². The van der Waals surface area contributed by atoms with Crippen LogP contribution < -0.4 is 10.0 Å². The predicted octanol–water partition coefficient (Wildman–Crippen LogP) is 1.24. The van der Waals surface area contributed by atoms with E-state index in [1.165, 1.54) is 9.80 Å². The van der Waals surface area contributed by atoms with Crippen LogP contribution in [0.4, 0.5) is 0 Å². The molecule has 6 nitrogen and oxygen atoms in total. The summed E-state index contributed by atoms with van der Waals surface area (Å²) in [7, 11) is 0. The molecule has 0 bridgehead atoms. The van der Waals surface area contributed by atoms with Crippen LogP contribution in [0.3, 0.4) is 0 Å². The zero-order chi connectivity index (χ0) is 22.0. The molecule has 8 heteroatoms. The van der Waals surface area contributed by atoms with E-state index in [-0.39, 0.29) is 5.57 Å². The predicted molar refractivity (Wildman–Crippen MR) is 118 cm³/mol. The summed E-state index contributed by atoms with van der Waals surface area (Å²) >= 11 is 9.36. The molecule has 0 aliphatic carbocycles.